The summed E-state index contributed by atoms with van der Waals surface area (Å²) in [7, 11) is 0. The zero-order valence-corrected chi connectivity index (χ0v) is 19.8. The molecular formula is C26H31F3N4O2. The van der Waals surface area contributed by atoms with E-state index in [9.17, 15) is 22.8 Å². The van der Waals surface area contributed by atoms with Gasteiger partial charge in [0.2, 0.25) is 0 Å². The summed E-state index contributed by atoms with van der Waals surface area (Å²) in [5.41, 5.74) is 0.612. The third-order valence-corrected chi connectivity index (χ3v) is 6.97. The number of carbonyl (C=O) groups excluding carboxylic acids is 1. The molecule has 9 heteroatoms. The van der Waals surface area contributed by atoms with E-state index in [0.717, 1.165) is 56.5 Å². The minimum Gasteiger partial charge on any atom is -0.382 e. The molecule has 1 aliphatic heterocycles. The third-order valence-electron chi connectivity index (χ3n) is 6.97. The van der Waals surface area contributed by atoms with Crippen molar-refractivity contribution in [1.29, 1.82) is 0 Å². The standard InChI is InChI=1S/C26H31F3N4O2/c1-17-5-4-12-33(25(17)35)23-10-8-22(9-11-23)32-15-21(16-32)31-18(2)14-30-24(34)19-6-3-7-20(13-19)26(27,28)29/h3-7,12-13,21-23,31H,2,8-11,14-16H2,1H3,(H,30,34)/t22-,23+. The van der Waals surface area contributed by atoms with Gasteiger partial charge in [-0.05, 0) is 56.9 Å². The monoisotopic (exact) mass is 488 g/mol. The van der Waals surface area contributed by atoms with Crippen molar-refractivity contribution in [2.24, 2.45) is 0 Å². The smallest absolute Gasteiger partial charge is 0.382 e. The summed E-state index contributed by atoms with van der Waals surface area (Å²) in [4.78, 5) is 27.1. The van der Waals surface area contributed by atoms with Gasteiger partial charge in [-0.25, -0.2) is 0 Å². The first-order valence-corrected chi connectivity index (χ1v) is 11.9. The van der Waals surface area contributed by atoms with E-state index in [2.05, 4.69) is 22.1 Å². The molecule has 35 heavy (non-hydrogen) atoms. The Hall–Kier alpha value is -3.07. The summed E-state index contributed by atoms with van der Waals surface area (Å²) in [6.07, 6.45) is 1.46. The van der Waals surface area contributed by atoms with Crippen LogP contribution in [0.2, 0.25) is 0 Å². The summed E-state index contributed by atoms with van der Waals surface area (Å²) in [5.74, 6) is -0.571. The van der Waals surface area contributed by atoms with Crippen molar-refractivity contribution < 1.29 is 18.0 Å². The van der Waals surface area contributed by atoms with Crippen molar-refractivity contribution in [3.63, 3.8) is 0 Å². The Bertz CT molecular complexity index is 1130. The Kier molecular flexibility index (Phi) is 7.35. The predicted molar refractivity (Wildman–Crippen MR) is 128 cm³/mol. The van der Waals surface area contributed by atoms with Crippen LogP contribution in [0.15, 0.2) is 59.7 Å². The molecule has 1 aromatic heterocycles. The topological polar surface area (TPSA) is 66.4 Å². The number of carbonyl (C=O) groups is 1. The molecule has 4 rings (SSSR count). The molecular weight excluding hydrogens is 457 g/mol. The summed E-state index contributed by atoms with van der Waals surface area (Å²) in [5, 5.41) is 5.92. The lowest BCUT2D eigenvalue weighted by Crippen LogP contribution is -2.61. The van der Waals surface area contributed by atoms with E-state index in [-0.39, 0.29) is 29.8 Å². The van der Waals surface area contributed by atoms with E-state index < -0.39 is 17.6 Å². The largest absolute Gasteiger partial charge is 0.416 e. The number of nitrogens with zero attached hydrogens (tertiary/aromatic N) is 2. The molecule has 6 nitrogen and oxygen atoms in total. The molecule has 0 unspecified atom stereocenters. The average molecular weight is 489 g/mol. The molecule has 0 spiro atoms. The first-order chi connectivity index (χ1) is 16.6. The van der Waals surface area contributed by atoms with E-state index in [1.54, 1.807) is 0 Å². The number of halogens is 3. The summed E-state index contributed by atoms with van der Waals surface area (Å²) in [6, 6.07) is 9.13. The molecule has 2 aromatic rings. The third kappa shape index (κ3) is 5.96. The maximum Gasteiger partial charge on any atom is 0.416 e. The second-order valence-electron chi connectivity index (χ2n) is 9.53. The van der Waals surface area contributed by atoms with Crippen LogP contribution in [0.25, 0.3) is 0 Å². The number of aromatic nitrogens is 1. The highest BCUT2D eigenvalue weighted by Gasteiger charge is 2.35. The lowest BCUT2D eigenvalue weighted by atomic mass is 9.87. The lowest BCUT2D eigenvalue weighted by Gasteiger charge is -2.47. The fourth-order valence-electron chi connectivity index (χ4n) is 4.98. The highest BCUT2D eigenvalue weighted by Crippen LogP contribution is 2.32. The minimum atomic E-state index is -4.49. The summed E-state index contributed by atoms with van der Waals surface area (Å²) >= 11 is 0. The van der Waals surface area contributed by atoms with Gasteiger partial charge in [0.25, 0.3) is 11.5 Å². The number of benzene rings is 1. The van der Waals surface area contributed by atoms with Gasteiger partial charge in [0.05, 0.1) is 18.2 Å². The number of aryl methyl sites for hydroxylation is 1. The van der Waals surface area contributed by atoms with Gasteiger partial charge in [0, 0.05) is 48.2 Å². The van der Waals surface area contributed by atoms with E-state index in [1.807, 2.05) is 29.8 Å². The SMILES string of the molecule is C=C(CNC(=O)c1cccc(C(F)(F)F)c1)NC1CN([C@H]2CC[C@@H](n3cccc(C)c3=O)CC2)C1. The quantitative estimate of drug-likeness (QED) is 0.621. The van der Waals surface area contributed by atoms with Crippen molar-refractivity contribution in [2.75, 3.05) is 19.6 Å². The van der Waals surface area contributed by atoms with E-state index >= 15 is 0 Å². The first-order valence-electron chi connectivity index (χ1n) is 11.9. The maximum atomic E-state index is 12.9. The number of nitrogens with one attached hydrogen (secondary N) is 2. The fraction of sp³-hybridized carbons (Fsp3) is 0.462. The number of hydrogen-bond acceptors (Lipinski definition) is 4. The molecule has 1 aromatic carbocycles. The Labute approximate surface area is 202 Å². The molecule has 0 bridgehead atoms. The molecule has 0 radical (unpaired) electrons. The van der Waals surface area contributed by atoms with Crippen molar-refractivity contribution in [1.82, 2.24) is 20.1 Å². The van der Waals surface area contributed by atoms with Crippen LogP contribution in [0.1, 0.15) is 53.2 Å². The van der Waals surface area contributed by atoms with Gasteiger partial charge < -0.3 is 15.2 Å². The lowest BCUT2D eigenvalue weighted by molar-refractivity contribution is -0.137. The van der Waals surface area contributed by atoms with Crippen LogP contribution < -0.4 is 16.2 Å². The van der Waals surface area contributed by atoms with Gasteiger partial charge in [-0.3, -0.25) is 14.5 Å². The highest BCUT2D eigenvalue weighted by atomic mass is 19.4. The van der Waals surface area contributed by atoms with Gasteiger partial charge in [0.1, 0.15) is 0 Å². The number of alkyl halides is 3. The second kappa shape index (κ2) is 10.3. The molecule has 2 aliphatic rings. The Morgan fingerprint density at radius 3 is 2.46 bits per heavy atom. The van der Waals surface area contributed by atoms with Gasteiger partial charge in [0.15, 0.2) is 0 Å². The fourth-order valence-corrected chi connectivity index (χ4v) is 4.98. The number of likely N-dealkylation sites (tertiary alicyclic amines) is 1. The Morgan fingerprint density at radius 2 is 1.77 bits per heavy atom. The predicted octanol–water partition coefficient (Wildman–Crippen LogP) is 3.88. The number of rotatable bonds is 7. The molecule has 2 N–H and O–H groups in total. The van der Waals surface area contributed by atoms with Crippen LogP contribution in [0.4, 0.5) is 13.2 Å². The first kappa shape index (κ1) is 25.0. The van der Waals surface area contributed by atoms with Crippen LogP contribution in [-0.2, 0) is 6.18 Å². The number of amides is 1. The van der Waals surface area contributed by atoms with Crippen molar-refractivity contribution in [3.05, 3.63) is 81.9 Å². The zero-order chi connectivity index (χ0) is 25.2. The number of pyridine rings is 1. The van der Waals surface area contributed by atoms with Crippen molar-refractivity contribution in [2.45, 2.75) is 56.9 Å². The van der Waals surface area contributed by atoms with Crippen LogP contribution in [0, 0.1) is 6.92 Å². The molecule has 1 saturated heterocycles. The zero-order valence-electron chi connectivity index (χ0n) is 19.8. The average Bonchev–Trinajstić information content (AvgIpc) is 2.81. The van der Waals surface area contributed by atoms with E-state index in [0.29, 0.717) is 11.7 Å². The summed E-state index contributed by atoms with van der Waals surface area (Å²) < 4.78 is 40.4. The molecule has 188 valence electrons. The van der Waals surface area contributed by atoms with Gasteiger partial charge in [-0.2, -0.15) is 13.2 Å². The maximum absolute atomic E-state index is 12.9. The van der Waals surface area contributed by atoms with Crippen molar-refractivity contribution >= 4 is 5.91 Å². The van der Waals surface area contributed by atoms with Crippen molar-refractivity contribution in [3.8, 4) is 0 Å². The normalized spacial score (nSPS) is 21.3. The molecule has 0 atom stereocenters. The van der Waals surface area contributed by atoms with Crippen LogP contribution in [0.3, 0.4) is 0 Å². The molecule has 1 saturated carbocycles. The minimum absolute atomic E-state index is 0.0361. The van der Waals surface area contributed by atoms with Crippen LogP contribution in [0.5, 0.6) is 0 Å². The van der Waals surface area contributed by atoms with E-state index in [4.69, 9.17) is 0 Å². The molecule has 2 fully saturated rings. The molecule has 2 heterocycles. The summed E-state index contributed by atoms with van der Waals surface area (Å²) in [6.45, 7) is 7.68. The highest BCUT2D eigenvalue weighted by molar-refractivity contribution is 5.94. The Morgan fingerprint density at radius 1 is 1.09 bits per heavy atom. The van der Waals surface area contributed by atoms with Crippen LogP contribution in [-0.4, -0.2) is 47.1 Å². The van der Waals surface area contributed by atoms with Gasteiger partial charge in [-0.1, -0.05) is 18.7 Å². The number of hydrogen-bond donors (Lipinski definition) is 2. The van der Waals surface area contributed by atoms with Gasteiger partial charge in [-0.15, -0.1) is 0 Å². The molecule has 1 amide bonds. The second-order valence-corrected chi connectivity index (χ2v) is 9.53. The molecule has 1 aliphatic carbocycles. The van der Waals surface area contributed by atoms with Gasteiger partial charge >= 0.3 is 6.18 Å². The van der Waals surface area contributed by atoms with E-state index in [1.165, 1.54) is 12.1 Å². The van der Waals surface area contributed by atoms with Crippen LogP contribution >= 0.6 is 0 Å². The Balaban J connectivity index is 1.17.